The molecule has 0 aliphatic carbocycles. The maximum atomic E-state index is 13.2. The van der Waals surface area contributed by atoms with Crippen LogP contribution in [0.1, 0.15) is 18.5 Å². The van der Waals surface area contributed by atoms with Crippen molar-refractivity contribution in [2.75, 3.05) is 63.3 Å². The highest BCUT2D eigenvalue weighted by atomic mass is 32.2. The molecule has 31 heavy (non-hydrogen) atoms. The predicted octanol–water partition coefficient (Wildman–Crippen LogP) is 1.91. The van der Waals surface area contributed by atoms with Gasteiger partial charge in [-0.2, -0.15) is 9.29 Å². The topological polar surface area (TPSA) is 88.1 Å². The molecule has 0 spiro atoms. The van der Waals surface area contributed by atoms with Crippen molar-refractivity contribution < 1.29 is 17.9 Å². The highest BCUT2D eigenvalue weighted by molar-refractivity contribution is 7.89. The zero-order valence-corrected chi connectivity index (χ0v) is 19.1. The average Bonchev–Trinajstić information content (AvgIpc) is 3.33. The Labute approximate surface area is 183 Å². The smallest absolute Gasteiger partial charge is 0.243 e. The summed E-state index contributed by atoms with van der Waals surface area (Å²) in [4.78, 5) is 13.9. The number of rotatable bonds is 6. The molecule has 2 aliphatic rings. The van der Waals surface area contributed by atoms with Crippen LogP contribution in [0.2, 0.25) is 0 Å². The molecular weight excluding hydrogens is 418 g/mol. The molecule has 1 aromatic carbocycles. The van der Waals surface area contributed by atoms with Crippen molar-refractivity contribution in [3.8, 4) is 11.5 Å². The number of ether oxygens (including phenoxy) is 2. The van der Waals surface area contributed by atoms with Crippen molar-refractivity contribution in [2.45, 2.75) is 24.7 Å². The Morgan fingerprint density at radius 2 is 1.52 bits per heavy atom. The lowest BCUT2D eigenvalue weighted by Gasteiger charge is -2.34. The van der Waals surface area contributed by atoms with Gasteiger partial charge >= 0.3 is 0 Å². The summed E-state index contributed by atoms with van der Waals surface area (Å²) in [6.45, 7) is 5.83. The second-order valence-corrected chi connectivity index (χ2v) is 9.71. The van der Waals surface area contributed by atoms with E-state index in [9.17, 15) is 8.42 Å². The van der Waals surface area contributed by atoms with Gasteiger partial charge in [0.1, 0.15) is 5.82 Å². The lowest BCUT2D eigenvalue weighted by atomic mass is 10.3. The fourth-order valence-corrected chi connectivity index (χ4v) is 5.48. The van der Waals surface area contributed by atoms with Gasteiger partial charge in [0, 0.05) is 57.1 Å². The minimum Gasteiger partial charge on any atom is -0.493 e. The van der Waals surface area contributed by atoms with Crippen LogP contribution in [-0.2, 0) is 10.0 Å². The Bertz CT molecular complexity index is 1030. The van der Waals surface area contributed by atoms with E-state index in [2.05, 4.69) is 14.8 Å². The van der Waals surface area contributed by atoms with Crippen LogP contribution in [-0.4, -0.2) is 76.2 Å². The van der Waals surface area contributed by atoms with Gasteiger partial charge in [-0.05, 0) is 31.9 Å². The Morgan fingerprint density at radius 3 is 2.16 bits per heavy atom. The molecular formula is C21H29N5O4S. The van der Waals surface area contributed by atoms with Crippen molar-refractivity contribution in [1.29, 1.82) is 0 Å². The number of aromatic nitrogens is 2. The normalized spacial score (nSPS) is 17.8. The fraction of sp³-hybridized carbons (Fsp3) is 0.524. The number of methoxy groups -OCH3 is 2. The fourth-order valence-electron chi connectivity index (χ4n) is 4.04. The first-order chi connectivity index (χ1) is 14.9. The summed E-state index contributed by atoms with van der Waals surface area (Å²) < 4.78 is 38.3. The van der Waals surface area contributed by atoms with E-state index in [1.54, 1.807) is 12.1 Å². The standard InChI is InChI=1S/C21H29N5O4S/c1-16-14-20(24-8-4-5-9-24)23-21(22-16)25-10-12-26(13-11-25)31(27,28)17-6-7-18(29-2)19(15-17)30-3/h6-7,14-15H,4-5,8-13H2,1-3H3. The summed E-state index contributed by atoms with van der Waals surface area (Å²) in [7, 11) is -0.620. The van der Waals surface area contributed by atoms with Gasteiger partial charge in [0.2, 0.25) is 16.0 Å². The Morgan fingerprint density at radius 1 is 0.839 bits per heavy atom. The van der Waals surface area contributed by atoms with E-state index in [1.165, 1.54) is 37.4 Å². The van der Waals surface area contributed by atoms with Crippen molar-refractivity contribution >= 4 is 21.8 Å². The van der Waals surface area contributed by atoms with E-state index in [1.807, 2.05) is 13.0 Å². The molecule has 0 unspecified atom stereocenters. The van der Waals surface area contributed by atoms with E-state index in [0.29, 0.717) is 43.6 Å². The third-order valence-corrected chi connectivity index (χ3v) is 7.67. The van der Waals surface area contributed by atoms with Gasteiger partial charge in [0.05, 0.1) is 19.1 Å². The summed E-state index contributed by atoms with van der Waals surface area (Å²) in [5.41, 5.74) is 0.923. The van der Waals surface area contributed by atoms with Crippen LogP contribution in [0.25, 0.3) is 0 Å². The molecule has 9 nitrogen and oxygen atoms in total. The number of anilines is 2. The van der Waals surface area contributed by atoms with Crippen LogP contribution in [0, 0.1) is 6.92 Å². The van der Waals surface area contributed by atoms with Crippen LogP contribution in [0.3, 0.4) is 0 Å². The van der Waals surface area contributed by atoms with E-state index in [-0.39, 0.29) is 4.90 Å². The zero-order chi connectivity index (χ0) is 22.0. The van der Waals surface area contributed by atoms with Gasteiger partial charge in [-0.3, -0.25) is 0 Å². The van der Waals surface area contributed by atoms with Gasteiger partial charge in [-0.25, -0.2) is 13.4 Å². The molecule has 2 saturated heterocycles. The molecule has 10 heteroatoms. The van der Waals surface area contributed by atoms with Gasteiger partial charge in [0.15, 0.2) is 11.5 Å². The average molecular weight is 448 g/mol. The molecule has 2 aromatic rings. The van der Waals surface area contributed by atoms with Crippen molar-refractivity contribution in [2.24, 2.45) is 0 Å². The number of benzene rings is 1. The molecule has 3 heterocycles. The molecule has 0 atom stereocenters. The minimum absolute atomic E-state index is 0.196. The molecule has 2 fully saturated rings. The van der Waals surface area contributed by atoms with Crippen LogP contribution in [0.5, 0.6) is 11.5 Å². The maximum absolute atomic E-state index is 13.2. The van der Waals surface area contributed by atoms with Gasteiger partial charge in [0.25, 0.3) is 0 Å². The second kappa shape index (κ2) is 8.88. The molecule has 1 aromatic heterocycles. The molecule has 0 amide bonds. The van der Waals surface area contributed by atoms with E-state index < -0.39 is 10.0 Å². The maximum Gasteiger partial charge on any atom is 0.243 e. The van der Waals surface area contributed by atoms with Gasteiger partial charge in [-0.1, -0.05) is 0 Å². The monoisotopic (exact) mass is 447 g/mol. The van der Waals surface area contributed by atoms with E-state index in [0.717, 1.165) is 24.6 Å². The SMILES string of the molecule is COc1ccc(S(=O)(=O)N2CCN(c3nc(C)cc(N4CCCC4)n3)CC2)cc1OC. The van der Waals surface area contributed by atoms with Crippen molar-refractivity contribution in [3.05, 3.63) is 30.0 Å². The lowest BCUT2D eigenvalue weighted by molar-refractivity contribution is 0.353. The zero-order valence-electron chi connectivity index (χ0n) is 18.2. The van der Waals surface area contributed by atoms with E-state index >= 15 is 0 Å². The Hall–Kier alpha value is -2.59. The lowest BCUT2D eigenvalue weighted by Crippen LogP contribution is -2.49. The number of nitrogens with zero attached hydrogens (tertiary/aromatic N) is 5. The van der Waals surface area contributed by atoms with Gasteiger partial charge < -0.3 is 19.3 Å². The summed E-state index contributed by atoms with van der Waals surface area (Å²) in [6, 6.07) is 6.69. The molecule has 0 N–H and O–H groups in total. The van der Waals surface area contributed by atoms with E-state index in [4.69, 9.17) is 14.5 Å². The molecule has 0 radical (unpaired) electrons. The highest BCUT2D eigenvalue weighted by Gasteiger charge is 2.30. The Kier molecular flexibility index (Phi) is 6.19. The highest BCUT2D eigenvalue weighted by Crippen LogP contribution is 2.31. The van der Waals surface area contributed by atoms with Crippen molar-refractivity contribution in [1.82, 2.24) is 14.3 Å². The molecule has 2 aliphatic heterocycles. The second-order valence-electron chi connectivity index (χ2n) is 7.77. The number of sulfonamides is 1. The third-order valence-electron chi connectivity index (χ3n) is 5.77. The Balaban J connectivity index is 1.48. The molecule has 4 rings (SSSR count). The molecule has 0 bridgehead atoms. The third kappa shape index (κ3) is 4.40. The van der Waals surface area contributed by atoms with Gasteiger partial charge in [-0.15, -0.1) is 0 Å². The number of hydrogen-bond acceptors (Lipinski definition) is 8. The van der Waals surface area contributed by atoms with Crippen molar-refractivity contribution in [3.63, 3.8) is 0 Å². The number of piperazine rings is 1. The summed E-state index contributed by atoms with van der Waals surface area (Å²) in [6.07, 6.45) is 2.37. The first kappa shape index (κ1) is 21.6. The quantitative estimate of drug-likeness (QED) is 0.664. The summed E-state index contributed by atoms with van der Waals surface area (Å²) >= 11 is 0. The predicted molar refractivity (Wildman–Crippen MR) is 119 cm³/mol. The first-order valence-corrected chi connectivity index (χ1v) is 11.9. The molecule has 168 valence electrons. The van der Waals surface area contributed by atoms with Crippen LogP contribution in [0.15, 0.2) is 29.2 Å². The molecule has 0 saturated carbocycles. The summed E-state index contributed by atoms with van der Waals surface area (Å²) in [5.74, 6) is 2.52. The van der Waals surface area contributed by atoms with Crippen LogP contribution >= 0.6 is 0 Å². The van der Waals surface area contributed by atoms with Crippen LogP contribution < -0.4 is 19.3 Å². The summed E-state index contributed by atoms with van der Waals surface area (Å²) in [5, 5.41) is 0. The number of aryl methyl sites for hydroxylation is 1. The largest absolute Gasteiger partial charge is 0.493 e. The van der Waals surface area contributed by atoms with Crippen LogP contribution in [0.4, 0.5) is 11.8 Å². The minimum atomic E-state index is -3.63. The first-order valence-electron chi connectivity index (χ1n) is 10.5. The number of hydrogen-bond donors (Lipinski definition) is 0.